The van der Waals surface area contributed by atoms with Crippen LogP contribution in [0.5, 0.6) is 0 Å². The number of imide groups is 1. The molecule has 1 unspecified atom stereocenters. The first-order chi connectivity index (χ1) is 16.6. The zero-order valence-corrected chi connectivity index (χ0v) is 20.5. The Morgan fingerprint density at radius 2 is 1.91 bits per heavy atom. The van der Waals surface area contributed by atoms with Gasteiger partial charge in [0.25, 0.3) is 5.91 Å². The lowest BCUT2D eigenvalue weighted by atomic mass is 9.91. The van der Waals surface area contributed by atoms with Crippen molar-refractivity contribution in [1.82, 2.24) is 15.1 Å². The van der Waals surface area contributed by atoms with E-state index in [1.54, 1.807) is 15.9 Å². The maximum absolute atomic E-state index is 13.0. The van der Waals surface area contributed by atoms with Gasteiger partial charge >= 0.3 is 6.09 Å². The van der Waals surface area contributed by atoms with Gasteiger partial charge in [0.2, 0.25) is 11.8 Å². The zero-order valence-electron chi connectivity index (χ0n) is 20.5. The number of piperidine rings is 2. The summed E-state index contributed by atoms with van der Waals surface area (Å²) in [5.74, 6) is 6.14. The van der Waals surface area contributed by atoms with Gasteiger partial charge in [0.15, 0.2) is 0 Å². The summed E-state index contributed by atoms with van der Waals surface area (Å²) in [6.45, 7) is 7.32. The third-order valence-electron chi connectivity index (χ3n) is 7.56. The van der Waals surface area contributed by atoms with Gasteiger partial charge in [-0.2, -0.15) is 0 Å². The van der Waals surface area contributed by atoms with Gasteiger partial charge in [0.05, 0.1) is 0 Å². The quantitative estimate of drug-likeness (QED) is 0.496. The van der Waals surface area contributed by atoms with E-state index in [-0.39, 0.29) is 35.7 Å². The van der Waals surface area contributed by atoms with Crippen molar-refractivity contribution in [3.8, 4) is 11.8 Å². The van der Waals surface area contributed by atoms with E-state index in [1.165, 1.54) is 0 Å². The molecule has 2 atom stereocenters. The highest BCUT2D eigenvalue weighted by molar-refractivity contribution is 6.05. The maximum Gasteiger partial charge on any atom is 0.410 e. The van der Waals surface area contributed by atoms with Crippen LogP contribution in [0.2, 0.25) is 0 Å². The molecule has 1 spiro atoms. The molecule has 3 fully saturated rings. The maximum atomic E-state index is 13.0. The Kier molecular flexibility index (Phi) is 5.62. The SMILES string of the molecule is CC(C)(C)OC(=O)N1CCC2(CC1)C[C@@H]2C#Cc1cccc2c1CN(C1CCC(=O)NC1=O)C2=O. The molecular weight excluding hydrogens is 446 g/mol. The summed E-state index contributed by atoms with van der Waals surface area (Å²) in [6.07, 6.45) is 3.19. The Bertz CT molecular complexity index is 1160. The van der Waals surface area contributed by atoms with Crippen LogP contribution in [0.1, 0.15) is 74.4 Å². The Balaban J connectivity index is 1.24. The van der Waals surface area contributed by atoms with E-state index in [0.717, 1.165) is 30.4 Å². The minimum Gasteiger partial charge on any atom is -0.444 e. The fourth-order valence-corrected chi connectivity index (χ4v) is 5.43. The predicted molar refractivity (Wildman–Crippen MR) is 127 cm³/mol. The smallest absolute Gasteiger partial charge is 0.410 e. The number of carbonyl (C=O) groups excluding carboxylic acids is 4. The first kappa shape index (κ1) is 23.4. The molecule has 1 aromatic carbocycles. The van der Waals surface area contributed by atoms with E-state index in [4.69, 9.17) is 4.74 Å². The predicted octanol–water partition coefficient (Wildman–Crippen LogP) is 2.84. The highest BCUT2D eigenvalue weighted by Crippen LogP contribution is 2.59. The average molecular weight is 478 g/mol. The normalized spacial score (nSPS) is 25.1. The Hall–Kier alpha value is -3.34. The van der Waals surface area contributed by atoms with Crippen molar-refractivity contribution in [1.29, 1.82) is 0 Å². The summed E-state index contributed by atoms with van der Waals surface area (Å²) >= 11 is 0. The molecule has 0 bridgehead atoms. The van der Waals surface area contributed by atoms with Crippen LogP contribution in [-0.2, 0) is 20.9 Å². The number of ether oxygens (including phenoxy) is 1. The van der Waals surface area contributed by atoms with Crippen molar-refractivity contribution in [3.05, 3.63) is 34.9 Å². The molecule has 5 rings (SSSR count). The number of hydrogen-bond donors (Lipinski definition) is 1. The summed E-state index contributed by atoms with van der Waals surface area (Å²) in [5, 5.41) is 2.34. The molecule has 1 N–H and O–H groups in total. The topological polar surface area (TPSA) is 96.0 Å². The molecule has 4 amide bonds. The lowest BCUT2D eigenvalue weighted by Crippen LogP contribution is -2.52. The molecule has 8 nitrogen and oxygen atoms in total. The fraction of sp³-hybridized carbons (Fsp3) is 0.556. The monoisotopic (exact) mass is 477 g/mol. The van der Waals surface area contributed by atoms with Crippen LogP contribution >= 0.6 is 0 Å². The zero-order chi connectivity index (χ0) is 25.0. The molecule has 2 saturated heterocycles. The molecule has 3 aliphatic heterocycles. The number of rotatable bonds is 1. The number of hydrogen-bond acceptors (Lipinski definition) is 5. The summed E-state index contributed by atoms with van der Waals surface area (Å²) in [7, 11) is 0. The van der Waals surface area contributed by atoms with Crippen molar-refractivity contribution in [2.24, 2.45) is 11.3 Å². The van der Waals surface area contributed by atoms with Gasteiger partial charge in [0, 0.05) is 43.1 Å². The van der Waals surface area contributed by atoms with Gasteiger partial charge in [0.1, 0.15) is 11.6 Å². The first-order valence-electron chi connectivity index (χ1n) is 12.3. The van der Waals surface area contributed by atoms with Gasteiger partial charge in [-0.05, 0) is 69.6 Å². The van der Waals surface area contributed by atoms with Crippen molar-refractivity contribution >= 4 is 23.8 Å². The van der Waals surface area contributed by atoms with Gasteiger partial charge in [-0.1, -0.05) is 17.9 Å². The summed E-state index contributed by atoms with van der Waals surface area (Å²) in [4.78, 5) is 52.5. The minimum absolute atomic E-state index is 0.165. The second-order valence-electron chi connectivity index (χ2n) is 11.1. The Morgan fingerprint density at radius 3 is 2.60 bits per heavy atom. The largest absolute Gasteiger partial charge is 0.444 e. The lowest BCUT2D eigenvalue weighted by Gasteiger charge is -2.33. The van der Waals surface area contributed by atoms with Crippen molar-refractivity contribution in [2.75, 3.05) is 13.1 Å². The average Bonchev–Trinajstić information content (AvgIpc) is 3.34. The summed E-state index contributed by atoms with van der Waals surface area (Å²) < 4.78 is 5.50. The third-order valence-corrected chi connectivity index (χ3v) is 7.56. The number of fused-ring (bicyclic) bond motifs is 1. The molecule has 1 aliphatic carbocycles. The van der Waals surface area contributed by atoms with Crippen LogP contribution in [0.25, 0.3) is 0 Å². The van der Waals surface area contributed by atoms with Crippen LogP contribution in [0.3, 0.4) is 0 Å². The molecule has 184 valence electrons. The molecule has 0 radical (unpaired) electrons. The highest BCUT2D eigenvalue weighted by atomic mass is 16.6. The van der Waals surface area contributed by atoms with Crippen molar-refractivity contribution in [3.63, 3.8) is 0 Å². The van der Waals surface area contributed by atoms with Crippen LogP contribution < -0.4 is 5.32 Å². The van der Waals surface area contributed by atoms with E-state index in [0.29, 0.717) is 31.6 Å². The molecule has 1 aromatic rings. The van der Waals surface area contributed by atoms with Crippen LogP contribution in [0.15, 0.2) is 18.2 Å². The van der Waals surface area contributed by atoms with Gasteiger partial charge in [-0.15, -0.1) is 0 Å². The van der Waals surface area contributed by atoms with Crippen molar-refractivity contribution in [2.45, 2.75) is 71.1 Å². The first-order valence-corrected chi connectivity index (χ1v) is 12.3. The number of amides is 4. The summed E-state index contributed by atoms with van der Waals surface area (Å²) in [6, 6.07) is 4.90. The second-order valence-corrected chi connectivity index (χ2v) is 11.1. The van der Waals surface area contributed by atoms with E-state index in [9.17, 15) is 19.2 Å². The molecule has 3 heterocycles. The number of benzene rings is 1. The van der Waals surface area contributed by atoms with Crippen LogP contribution in [-0.4, -0.2) is 58.3 Å². The molecule has 4 aliphatic rings. The second kappa shape index (κ2) is 8.40. The summed E-state index contributed by atoms with van der Waals surface area (Å²) in [5.41, 5.74) is 1.92. The van der Waals surface area contributed by atoms with Gasteiger partial charge < -0.3 is 14.5 Å². The lowest BCUT2D eigenvalue weighted by molar-refractivity contribution is -0.136. The third kappa shape index (κ3) is 4.52. The van der Waals surface area contributed by atoms with Crippen LogP contribution in [0.4, 0.5) is 4.79 Å². The number of likely N-dealkylation sites (tertiary alicyclic amines) is 1. The van der Waals surface area contributed by atoms with E-state index >= 15 is 0 Å². The standard InChI is InChI=1S/C27H31N3O5/c1-26(2,3)35-25(34)29-13-11-27(12-14-29)15-18(27)8-7-17-5-4-6-19-20(17)16-30(24(19)33)21-9-10-22(31)28-23(21)32/h4-6,18,21H,9-16H2,1-3H3,(H,28,31,32)/t18-,21?/m0/s1. The van der Waals surface area contributed by atoms with Crippen molar-refractivity contribution < 1.29 is 23.9 Å². The minimum atomic E-state index is -0.629. The number of nitrogens with one attached hydrogen (secondary N) is 1. The fourth-order valence-electron chi connectivity index (χ4n) is 5.43. The Morgan fingerprint density at radius 1 is 1.17 bits per heavy atom. The molecule has 1 saturated carbocycles. The van der Waals surface area contributed by atoms with Gasteiger partial charge in [-0.25, -0.2) is 4.79 Å². The van der Waals surface area contributed by atoms with E-state index < -0.39 is 17.6 Å². The van der Waals surface area contributed by atoms with Gasteiger partial charge in [-0.3, -0.25) is 19.7 Å². The number of nitrogens with zero attached hydrogens (tertiary/aromatic N) is 2. The molecule has 35 heavy (non-hydrogen) atoms. The highest BCUT2D eigenvalue weighted by Gasteiger charge is 2.54. The Labute approximate surface area is 205 Å². The molecular formula is C27H31N3O5. The number of carbonyl (C=O) groups is 4. The molecule has 8 heteroatoms. The molecule has 0 aromatic heterocycles. The van der Waals surface area contributed by atoms with E-state index in [1.807, 2.05) is 32.9 Å². The van der Waals surface area contributed by atoms with Crippen LogP contribution in [0, 0.1) is 23.2 Å². The van der Waals surface area contributed by atoms with E-state index in [2.05, 4.69) is 17.2 Å².